The van der Waals surface area contributed by atoms with Gasteiger partial charge in [-0.05, 0) is 52.2 Å². The van der Waals surface area contributed by atoms with E-state index in [-0.39, 0.29) is 0 Å². The van der Waals surface area contributed by atoms with Gasteiger partial charge in [0.2, 0.25) is 6.41 Å². The van der Waals surface area contributed by atoms with Crippen LogP contribution in [0, 0.1) is 20.8 Å². The van der Waals surface area contributed by atoms with Gasteiger partial charge in [-0.15, -0.1) is 5.10 Å². The van der Waals surface area contributed by atoms with Crippen LogP contribution in [0.2, 0.25) is 0 Å². The third-order valence-electron chi connectivity index (χ3n) is 5.82. The van der Waals surface area contributed by atoms with Crippen LogP contribution in [0.1, 0.15) is 50.1 Å². The molecule has 0 bridgehead atoms. The van der Waals surface area contributed by atoms with E-state index in [9.17, 15) is 4.79 Å². The van der Waals surface area contributed by atoms with Crippen molar-refractivity contribution in [2.75, 3.05) is 31.1 Å². The van der Waals surface area contributed by atoms with Gasteiger partial charge in [0, 0.05) is 32.2 Å². The number of aryl methyl sites for hydroxylation is 3. The molecule has 1 aliphatic heterocycles. The lowest BCUT2D eigenvalue weighted by atomic mass is 10.1. The molecule has 0 unspecified atom stereocenters. The van der Waals surface area contributed by atoms with Crippen molar-refractivity contribution in [3.63, 3.8) is 0 Å². The van der Waals surface area contributed by atoms with Gasteiger partial charge in [-0.25, -0.2) is 4.68 Å². The van der Waals surface area contributed by atoms with Gasteiger partial charge in [0.1, 0.15) is 5.52 Å². The van der Waals surface area contributed by atoms with Gasteiger partial charge in [-0.2, -0.15) is 10.2 Å². The van der Waals surface area contributed by atoms with Crippen LogP contribution < -0.4 is 15.5 Å². The normalized spacial score (nSPS) is 13.7. The van der Waals surface area contributed by atoms with Crippen molar-refractivity contribution in [3.05, 3.63) is 41.2 Å². The van der Waals surface area contributed by atoms with E-state index >= 15 is 0 Å². The fraction of sp³-hybridized carbons (Fsp3) is 0.520. The predicted octanol–water partition coefficient (Wildman–Crippen LogP) is 3.46. The van der Waals surface area contributed by atoms with Gasteiger partial charge in [0.05, 0.1) is 22.5 Å². The lowest BCUT2D eigenvalue weighted by molar-refractivity contribution is -0.109. The summed E-state index contributed by atoms with van der Waals surface area (Å²) in [5.74, 6) is 0.935. The van der Waals surface area contributed by atoms with Crippen LogP contribution in [-0.2, 0) is 4.79 Å². The molecule has 1 fully saturated rings. The Kier molecular flexibility index (Phi) is 8.77. The van der Waals surface area contributed by atoms with E-state index in [2.05, 4.69) is 77.7 Å². The van der Waals surface area contributed by atoms with Gasteiger partial charge >= 0.3 is 0 Å². The van der Waals surface area contributed by atoms with Crippen LogP contribution in [0.5, 0.6) is 0 Å². The fourth-order valence-electron chi connectivity index (χ4n) is 4.06. The molecular weight excluding hydrogens is 414 g/mol. The largest absolute Gasteiger partial charge is 0.357 e. The first-order valence-electron chi connectivity index (χ1n) is 11.9. The number of nitrogens with one attached hydrogen (secondary N) is 2. The smallest absolute Gasteiger partial charge is 0.207 e. The van der Waals surface area contributed by atoms with E-state index in [1.807, 2.05) is 11.6 Å². The van der Waals surface area contributed by atoms with Crippen LogP contribution in [0.15, 0.2) is 24.3 Å². The van der Waals surface area contributed by atoms with Crippen LogP contribution >= 0.6 is 0 Å². The van der Waals surface area contributed by atoms with Gasteiger partial charge in [0.15, 0.2) is 5.82 Å². The average molecular weight is 452 g/mol. The van der Waals surface area contributed by atoms with E-state index in [4.69, 9.17) is 5.10 Å². The number of amides is 1. The molecule has 0 saturated carbocycles. The van der Waals surface area contributed by atoms with Crippen molar-refractivity contribution in [2.45, 2.75) is 59.9 Å². The molecular formula is C25H37N7O. The van der Waals surface area contributed by atoms with Crippen molar-refractivity contribution in [3.8, 4) is 5.69 Å². The molecule has 2 N–H and O–H groups in total. The lowest BCUT2D eigenvalue weighted by Crippen LogP contribution is -2.30. The molecule has 0 aliphatic carbocycles. The maximum atomic E-state index is 9.71. The SMILES string of the molecule is CC(C)NCCNC=O.Cc1ccc(-n2nc3c(N4CCCCC4)nnc(C)c3c2C)cc1. The summed E-state index contributed by atoms with van der Waals surface area (Å²) in [4.78, 5) is 12.0. The molecule has 1 aliphatic rings. The minimum Gasteiger partial charge on any atom is -0.357 e. The van der Waals surface area contributed by atoms with Gasteiger partial charge in [-0.1, -0.05) is 31.5 Å². The molecule has 178 valence electrons. The molecule has 1 saturated heterocycles. The second kappa shape index (κ2) is 11.7. The lowest BCUT2D eigenvalue weighted by Gasteiger charge is -2.27. The monoisotopic (exact) mass is 451 g/mol. The van der Waals surface area contributed by atoms with Gasteiger partial charge in [0.25, 0.3) is 0 Å². The molecule has 0 spiro atoms. The number of carbonyl (C=O) groups is 1. The first kappa shape index (κ1) is 24.6. The van der Waals surface area contributed by atoms with Crippen molar-refractivity contribution in [2.24, 2.45) is 0 Å². The van der Waals surface area contributed by atoms with Gasteiger partial charge in [-0.3, -0.25) is 4.79 Å². The molecule has 3 aromatic rings. The minimum absolute atomic E-state index is 0.499. The number of anilines is 1. The maximum Gasteiger partial charge on any atom is 0.207 e. The number of piperidine rings is 1. The van der Waals surface area contributed by atoms with Gasteiger partial charge < -0.3 is 15.5 Å². The van der Waals surface area contributed by atoms with E-state index in [1.165, 1.54) is 24.8 Å². The van der Waals surface area contributed by atoms with Crippen molar-refractivity contribution in [1.82, 2.24) is 30.6 Å². The summed E-state index contributed by atoms with van der Waals surface area (Å²) in [6, 6.07) is 8.97. The minimum atomic E-state index is 0.499. The fourth-order valence-corrected chi connectivity index (χ4v) is 4.06. The van der Waals surface area contributed by atoms with Crippen LogP contribution in [0.25, 0.3) is 16.6 Å². The molecule has 8 heteroatoms. The molecule has 0 radical (unpaired) electrons. The average Bonchev–Trinajstić information content (AvgIpc) is 3.16. The molecule has 1 aromatic carbocycles. The zero-order valence-corrected chi connectivity index (χ0v) is 20.6. The van der Waals surface area contributed by atoms with E-state index in [0.717, 1.165) is 53.4 Å². The Bertz CT molecular complexity index is 1040. The Morgan fingerprint density at radius 3 is 2.33 bits per heavy atom. The third-order valence-corrected chi connectivity index (χ3v) is 5.82. The molecule has 2 aromatic heterocycles. The number of benzene rings is 1. The number of fused-ring (bicyclic) bond motifs is 1. The third kappa shape index (κ3) is 6.28. The standard InChI is InChI=1S/C19H23N5.C6H14N2O/c1-13-7-9-16(10-8-13)24-15(3)17-14(2)20-21-19(18(17)22-24)23-11-5-4-6-12-23;1-6(2)8-4-3-7-5-9/h7-10H,4-6,11-12H2,1-3H3;5-6,8H,3-4H2,1-2H3,(H,7,9). The van der Waals surface area contributed by atoms with Crippen molar-refractivity contribution in [1.29, 1.82) is 0 Å². The van der Waals surface area contributed by atoms with Crippen molar-refractivity contribution >= 4 is 23.1 Å². The summed E-state index contributed by atoms with van der Waals surface area (Å²) in [6.07, 6.45) is 4.45. The highest BCUT2D eigenvalue weighted by atomic mass is 16.1. The number of rotatable bonds is 7. The molecule has 1 amide bonds. The zero-order chi connectivity index (χ0) is 23.8. The molecule has 8 nitrogen and oxygen atoms in total. The summed E-state index contributed by atoms with van der Waals surface area (Å²) in [5.41, 5.74) is 5.38. The Balaban J connectivity index is 0.000000292. The quantitative estimate of drug-likeness (QED) is 0.423. The first-order chi connectivity index (χ1) is 15.9. The van der Waals surface area contributed by atoms with Crippen LogP contribution in [-0.4, -0.2) is 58.6 Å². The Morgan fingerprint density at radius 2 is 1.70 bits per heavy atom. The molecule has 4 rings (SSSR count). The highest BCUT2D eigenvalue weighted by Gasteiger charge is 2.21. The molecule has 3 heterocycles. The first-order valence-corrected chi connectivity index (χ1v) is 11.9. The number of hydrogen-bond acceptors (Lipinski definition) is 6. The summed E-state index contributed by atoms with van der Waals surface area (Å²) in [7, 11) is 0. The highest BCUT2D eigenvalue weighted by molar-refractivity contribution is 5.92. The van der Waals surface area contributed by atoms with E-state index < -0.39 is 0 Å². The zero-order valence-electron chi connectivity index (χ0n) is 20.6. The van der Waals surface area contributed by atoms with E-state index in [0.29, 0.717) is 19.0 Å². The highest BCUT2D eigenvalue weighted by Crippen LogP contribution is 2.30. The number of hydrogen-bond donors (Lipinski definition) is 2. The summed E-state index contributed by atoms with van der Waals surface area (Å²) < 4.78 is 2.02. The Hall–Kier alpha value is -3.00. The van der Waals surface area contributed by atoms with Crippen LogP contribution in [0.4, 0.5) is 5.82 Å². The maximum absolute atomic E-state index is 9.71. The Labute approximate surface area is 196 Å². The second-order valence-corrected chi connectivity index (χ2v) is 8.89. The van der Waals surface area contributed by atoms with Crippen molar-refractivity contribution < 1.29 is 4.79 Å². The summed E-state index contributed by atoms with van der Waals surface area (Å²) in [6.45, 7) is 14.0. The number of aromatic nitrogens is 4. The molecule has 33 heavy (non-hydrogen) atoms. The van der Waals surface area contributed by atoms with E-state index in [1.54, 1.807) is 0 Å². The summed E-state index contributed by atoms with van der Waals surface area (Å²) in [5, 5.41) is 20.7. The van der Waals surface area contributed by atoms with Crippen LogP contribution in [0.3, 0.4) is 0 Å². The summed E-state index contributed by atoms with van der Waals surface area (Å²) >= 11 is 0. The second-order valence-electron chi connectivity index (χ2n) is 8.89. The topological polar surface area (TPSA) is 88.0 Å². The number of carbonyl (C=O) groups excluding carboxylic acids is 1. The Morgan fingerprint density at radius 1 is 1.00 bits per heavy atom. The predicted molar refractivity (Wildman–Crippen MR) is 134 cm³/mol. The number of nitrogens with zero attached hydrogens (tertiary/aromatic N) is 5. The molecule has 0 atom stereocenters.